The Hall–Kier alpha value is -3.73. The summed E-state index contributed by atoms with van der Waals surface area (Å²) in [5, 5.41) is 10.4. The van der Waals surface area contributed by atoms with Crippen molar-refractivity contribution in [3.05, 3.63) is 47.3 Å². The van der Waals surface area contributed by atoms with Crippen molar-refractivity contribution in [2.45, 2.75) is 13.8 Å². The molecule has 1 fully saturated rings. The van der Waals surface area contributed by atoms with Crippen molar-refractivity contribution in [1.82, 2.24) is 30.0 Å². The van der Waals surface area contributed by atoms with E-state index < -0.39 is 17.4 Å². The molecular weight excluding hydrogens is 430 g/mol. The smallest absolute Gasteiger partial charge is 0.326 e. The van der Waals surface area contributed by atoms with Crippen molar-refractivity contribution in [1.29, 1.82) is 0 Å². The van der Waals surface area contributed by atoms with Gasteiger partial charge in [0.15, 0.2) is 17.5 Å². The topological polar surface area (TPSA) is 98.0 Å². The SMILES string of the molecule is Cc1cc(Nc2cc(N3CCN(C)CC3)nc(Oc3c(F)cc4[nH]c(C)cc4c3F)n2)n[nH]1. The Balaban J connectivity index is 1.52. The fourth-order valence-corrected chi connectivity index (χ4v) is 3.84. The molecule has 4 aromatic rings. The van der Waals surface area contributed by atoms with Crippen LogP contribution in [0, 0.1) is 25.5 Å². The summed E-state index contributed by atoms with van der Waals surface area (Å²) in [6.07, 6.45) is 0. The third kappa shape index (κ3) is 4.31. The molecule has 0 aliphatic carbocycles. The maximum atomic E-state index is 15.1. The molecule has 0 amide bonds. The van der Waals surface area contributed by atoms with Crippen LogP contribution in [0.2, 0.25) is 0 Å². The molecule has 1 aliphatic rings. The molecule has 33 heavy (non-hydrogen) atoms. The number of halogens is 2. The van der Waals surface area contributed by atoms with E-state index in [1.165, 1.54) is 6.07 Å². The summed E-state index contributed by atoms with van der Waals surface area (Å²) >= 11 is 0. The fourth-order valence-electron chi connectivity index (χ4n) is 3.84. The van der Waals surface area contributed by atoms with E-state index >= 15 is 4.39 Å². The molecule has 9 nitrogen and oxygen atoms in total. The van der Waals surface area contributed by atoms with E-state index in [1.807, 2.05) is 13.0 Å². The fraction of sp³-hybridized carbons (Fsp3) is 0.318. The molecule has 0 saturated carbocycles. The number of likely N-dealkylation sites (N-methyl/N-ethyl adjacent to an activating group) is 1. The molecule has 0 unspecified atom stereocenters. The van der Waals surface area contributed by atoms with Crippen molar-refractivity contribution in [2.75, 3.05) is 43.4 Å². The summed E-state index contributed by atoms with van der Waals surface area (Å²) in [7, 11) is 2.06. The van der Waals surface area contributed by atoms with Crippen LogP contribution in [0.1, 0.15) is 11.4 Å². The van der Waals surface area contributed by atoms with Gasteiger partial charge in [-0.3, -0.25) is 5.10 Å². The summed E-state index contributed by atoms with van der Waals surface area (Å²) in [6.45, 7) is 6.90. The second kappa shape index (κ2) is 8.32. The van der Waals surface area contributed by atoms with Gasteiger partial charge in [-0.05, 0) is 27.0 Å². The lowest BCUT2D eigenvalue weighted by Gasteiger charge is -2.33. The van der Waals surface area contributed by atoms with Gasteiger partial charge in [0.1, 0.15) is 11.6 Å². The first-order valence-corrected chi connectivity index (χ1v) is 10.6. The van der Waals surface area contributed by atoms with Gasteiger partial charge >= 0.3 is 6.01 Å². The number of aryl methyl sites for hydroxylation is 2. The molecule has 0 atom stereocenters. The molecule has 11 heteroatoms. The van der Waals surface area contributed by atoms with Crippen LogP contribution in [0.25, 0.3) is 10.9 Å². The summed E-state index contributed by atoms with van der Waals surface area (Å²) in [5.41, 5.74) is 1.95. The third-order valence-corrected chi connectivity index (χ3v) is 5.58. The van der Waals surface area contributed by atoms with Crippen LogP contribution in [0.5, 0.6) is 11.8 Å². The van der Waals surface area contributed by atoms with Crippen LogP contribution in [-0.2, 0) is 0 Å². The van der Waals surface area contributed by atoms with Gasteiger partial charge in [-0.2, -0.15) is 15.1 Å². The Morgan fingerprint density at radius 1 is 0.970 bits per heavy atom. The molecule has 1 saturated heterocycles. The molecule has 5 rings (SSSR count). The lowest BCUT2D eigenvalue weighted by atomic mass is 10.2. The highest BCUT2D eigenvalue weighted by Gasteiger charge is 2.22. The standard InChI is InChI=1S/C22H24F2N8O/c1-12-8-14-16(25-12)10-15(23)21(20(14)24)33-22-27-17(26-18-9-13(2)29-30-18)11-19(28-22)32-6-4-31(3)5-7-32/h8-11,25H,4-7H2,1-3H3,(H2,26,27,28,29,30). The predicted octanol–water partition coefficient (Wildman–Crippen LogP) is 3.86. The van der Waals surface area contributed by atoms with E-state index in [0.717, 1.165) is 37.6 Å². The first-order chi connectivity index (χ1) is 15.9. The minimum Gasteiger partial charge on any atom is -0.418 e. The van der Waals surface area contributed by atoms with Crippen molar-refractivity contribution in [3.63, 3.8) is 0 Å². The Morgan fingerprint density at radius 3 is 2.48 bits per heavy atom. The number of anilines is 3. The number of piperazine rings is 1. The minimum atomic E-state index is -0.840. The van der Waals surface area contributed by atoms with Gasteiger partial charge in [-0.25, -0.2) is 8.78 Å². The van der Waals surface area contributed by atoms with Crippen LogP contribution in [0.15, 0.2) is 24.3 Å². The highest BCUT2D eigenvalue weighted by atomic mass is 19.1. The molecule has 1 aromatic carbocycles. The highest BCUT2D eigenvalue weighted by Crippen LogP contribution is 2.33. The zero-order valence-corrected chi connectivity index (χ0v) is 18.5. The monoisotopic (exact) mass is 454 g/mol. The summed E-state index contributed by atoms with van der Waals surface area (Å²) in [4.78, 5) is 16.0. The van der Waals surface area contributed by atoms with E-state index in [9.17, 15) is 4.39 Å². The average molecular weight is 454 g/mol. The lowest BCUT2D eigenvalue weighted by Crippen LogP contribution is -2.44. The number of ether oxygens (including phenoxy) is 1. The zero-order chi connectivity index (χ0) is 23.1. The second-order valence-corrected chi connectivity index (χ2v) is 8.26. The number of aromatic amines is 2. The number of aromatic nitrogens is 5. The average Bonchev–Trinajstić information content (AvgIpc) is 3.36. The number of H-pyrrole nitrogens is 2. The van der Waals surface area contributed by atoms with Crippen LogP contribution in [0.4, 0.5) is 26.2 Å². The molecule has 1 aliphatic heterocycles. The molecule has 3 N–H and O–H groups in total. The van der Waals surface area contributed by atoms with Crippen molar-refractivity contribution < 1.29 is 13.5 Å². The zero-order valence-electron chi connectivity index (χ0n) is 18.5. The van der Waals surface area contributed by atoms with E-state index in [0.29, 0.717) is 23.0 Å². The number of rotatable bonds is 5. The van der Waals surface area contributed by atoms with Crippen LogP contribution in [0.3, 0.4) is 0 Å². The molecule has 0 radical (unpaired) electrons. The summed E-state index contributed by atoms with van der Waals surface area (Å²) < 4.78 is 35.4. The molecular formula is C22H24F2N8O. The first-order valence-electron chi connectivity index (χ1n) is 10.6. The second-order valence-electron chi connectivity index (χ2n) is 8.26. The summed E-state index contributed by atoms with van der Waals surface area (Å²) in [5.74, 6) is -0.628. The first kappa shape index (κ1) is 21.1. The van der Waals surface area contributed by atoms with E-state index in [4.69, 9.17) is 4.74 Å². The van der Waals surface area contributed by atoms with E-state index in [-0.39, 0.29) is 11.4 Å². The molecule has 4 heterocycles. The summed E-state index contributed by atoms with van der Waals surface area (Å²) in [6, 6.07) is 6.24. The maximum absolute atomic E-state index is 15.1. The Morgan fingerprint density at radius 2 is 1.76 bits per heavy atom. The van der Waals surface area contributed by atoms with Crippen molar-refractivity contribution >= 4 is 28.4 Å². The van der Waals surface area contributed by atoms with Gasteiger partial charge in [0.2, 0.25) is 5.75 Å². The number of benzene rings is 1. The van der Waals surface area contributed by atoms with E-state index in [1.54, 1.807) is 19.1 Å². The molecule has 172 valence electrons. The number of hydrogen-bond acceptors (Lipinski definition) is 7. The number of hydrogen-bond donors (Lipinski definition) is 3. The van der Waals surface area contributed by atoms with Crippen molar-refractivity contribution in [2.24, 2.45) is 0 Å². The lowest BCUT2D eigenvalue weighted by molar-refractivity contribution is 0.311. The maximum Gasteiger partial charge on any atom is 0.326 e. The predicted molar refractivity (Wildman–Crippen MR) is 121 cm³/mol. The normalized spacial score (nSPS) is 14.8. The van der Waals surface area contributed by atoms with Gasteiger partial charge in [0, 0.05) is 61.2 Å². The van der Waals surface area contributed by atoms with Crippen molar-refractivity contribution in [3.8, 4) is 11.8 Å². The van der Waals surface area contributed by atoms with Crippen LogP contribution in [-0.4, -0.2) is 63.3 Å². The Bertz CT molecular complexity index is 1310. The molecule has 0 bridgehead atoms. The number of nitrogens with one attached hydrogen (secondary N) is 3. The number of nitrogens with zero attached hydrogens (tertiary/aromatic N) is 5. The Labute approximate surface area is 188 Å². The Kier molecular flexibility index (Phi) is 5.33. The molecule has 3 aromatic heterocycles. The highest BCUT2D eigenvalue weighted by molar-refractivity contribution is 5.83. The number of fused-ring (bicyclic) bond motifs is 1. The van der Waals surface area contributed by atoms with Crippen LogP contribution < -0.4 is 15.0 Å². The van der Waals surface area contributed by atoms with Gasteiger partial charge in [-0.1, -0.05) is 0 Å². The quantitative estimate of drug-likeness (QED) is 0.421. The van der Waals surface area contributed by atoms with Gasteiger partial charge in [-0.15, -0.1) is 0 Å². The largest absolute Gasteiger partial charge is 0.418 e. The van der Waals surface area contributed by atoms with Gasteiger partial charge in [0.25, 0.3) is 0 Å². The minimum absolute atomic E-state index is 0.161. The third-order valence-electron chi connectivity index (χ3n) is 5.58. The van der Waals surface area contributed by atoms with Gasteiger partial charge in [0.05, 0.1) is 5.52 Å². The van der Waals surface area contributed by atoms with E-state index in [2.05, 4.69) is 47.3 Å². The van der Waals surface area contributed by atoms with Crippen LogP contribution >= 0.6 is 0 Å². The molecule has 0 spiro atoms. The van der Waals surface area contributed by atoms with Gasteiger partial charge < -0.3 is 24.8 Å².